The summed E-state index contributed by atoms with van der Waals surface area (Å²) >= 11 is 0. The van der Waals surface area contributed by atoms with Crippen molar-refractivity contribution in [2.75, 3.05) is 39.5 Å². The number of carbonyl (C=O) groups excluding carboxylic acids is 1. The molecule has 150 valence electrons. The molecule has 3 aliphatic rings. The van der Waals surface area contributed by atoms with Crippen molar-refractivity contribution in [1.29, 1.82) is 0 Å². The number of carbonyl (C=O) groups is 1. The van der Waals surface area contributed by atoms with Crippen molar-refractivity contribution in [3.63, 3.8) is 0 Å². The lowest BCUT2D eigenvalue weighted by Crippen LogP contribution is -2.54. The maximum absolute atomic E-state index is 12.9. The van der Waals surface area contributed by atoms with Gasteiger partial charge in [0, 0.05) is 25.3 Å². The Morgan fingerprint density at radius 1 is 1.11 bits per heavy atom. The monoisotopic (exact) mass is 385 g/mol. The topological polar surface area (TPSA) is 81.5 Å². The molecular formula is C20H27N5O3. The van der Waals surface area contributed by atoms with Gasteiger partial charge in [0.15, 0.2) is 5.65 Å². The van der Waals surface area contributed by atoms with Gasteiger partial charge < -0.3 is 19.4 Å². The fourth-order valence-corrected chi connectivity index (χ4v) is 4.69. The summed E-state index contributed by atoms with van der Waals surface area (Å²) in [7, 11) is 0. The molecule has 3 fully saturated rings. The number of hydrogen-bond acceptors (Lipinski definition) is 6. The van der Waals surface area contributed by atoms with Gasteiger partial charge in [-0.25, -0.2) is 9.97 Å². The number of morpholine rings is 1. The SMILES string of the molecule is O=C(N[C@H]1COC[C@@H]1N1CCOCC1)c1cnc2c(c1)ncn2C1CCCC1. The van der Waals surface area contributed by atoms with E-state index in [1.165, 1.54) is 25.7 Å². The van der Waals surface area contributed by atoms with Crippen LogP contribution < -0.4 is 5.32 Å². The Labute approximate surface area is 164 Å². The number of nitrogens with zero attached hydrogens (tertiary/aromatic N) is 4. The van der Waals surface area contributed by atoms with Crippen LogP contribution in [0.15, 0.2) is 18.6 Å². The van der Waals surface area contributed by atoms with E-state index in [4.69, 9.17) is 9.47 Å². The first-order valence-corrected chi connectivity index (χ1v) is 10.3. The number of aromatic nitrogens is 3. The minimum absolute atomic E-state index is 0.0163. The van der Waals surface area contributed by atoms with Crippen LogP contribution in [0.2, 0.25) is 0 Å². The predicted molar refractivity (Wildman–Crippen MR) is 103 cm³/mol. The van der Waals surface area contributed by atoms with Crippen molar-refractivity contribution < 1.29 is 14.3 Å². The highest BCUT2D eigenvalue weighted by Crippen LogP contribution is 2.31. The second-order valence-electron chi connectivity index (χ2n) is 7.99. The van der Waals surface area contributed by atoms with Gasteiger partial charge in [0.25, 0.3) is 5.91 Å². The van der Waals surface area contributed by atoms with Gasteiger partial charge in [0.1, 0.15) is 5.52 Å². The maximum atomic E-state index is 12.9. The van der Waals surface area contributed by atoms with Crippen molar-refractivity contribution in [3.05, 3.63) is 24.2 Å². The number of ether oxygens (including phenoxy) is 2. The van der Waals surface area contributed by atoms with E-state index in [9.17, 15) is 4.79 Å². The van der Waals surface area contributed by atoms with E-state index in [-0.39, 0.29) is 18.0 Å². The molecule has 0 unspecified atom stereocenters. The summed E-state index contributed by atoms with van der Waals surface area (Å²) in [6, 6.07) is 2.52. The molecule has 4 heterocycles. The molecule has 1 aliphatic carbocycles. The van der Waals surface area contributed by atoms with E-state index in [0.29, 0.717) is 24.8 Å². The van der Waals surface area contributed by atoms with E-state index >= 15 is 0 Å². The minimum atomic E-state index is -0.112. The van der Waals surface area contributed by atoms with E-state index in [1.54, 1.807) is 6.20 Å². The molecule has 1 N–H and O–H groups in total. The summed E-state index contributed by atoms with van der Waals surface area (Å²) in [4.78, 5) is 24.3. The van der Waals surface area contributed by atoms with Crippen LogP contribution in [0.1, 0.15) is 42.1 Å². The van der Waals surface area contributed by atoms with Gasteiger partial charge in [-0.1, -0.05) is 12.8 Å². The third-order valence-corrected chi connectivity index (χ3v) is 6.27. The van der Waals surface area contributed by atoms with Crippen LogP contribution in [0.5, 0.6) is 0 Å². The molecule has 1 amide bonds. The largest absolute Gasteiger partial charge is 0.379 e. The molecule has 5 rings (SSSR count). The smallest absolute Gasteiger partial charge is 0.253 e. The Morgan fingerprint density at radius 2 is 1.93 bits per heavy atom. The summed E-state index contributed by atoms with van der Waals surface area (Å²) in [6.07, 6.45) is 8.43. The molecule has 0 radical (unpaired) electrons. The van der Waals surface area contributed by atoms with E-state index in [1.807, 2.05) is 12.4 Å². The molecular weight excluding hydrogens is 358 g/mol. The molecule has 0 spiro atoms. The highest BCUT2D eigenvalue weighted by Gasteiger charge is 2.35. The van der Waals surface area contributed by atoms with Gasteiger partial charge in [-0.15, -0.1) is 0 Å². The zero-order valence-electron chi connectivity index (χ0n) is 16.0. The molecule has 2 saturated heterocycles. The molecule has 1 saturated carbocycles. The van der Waals surface area contributed by atoms with Crippen molar-refractivity contribution in [2.24, 2.45) is 0 Å². The van der Waals surface area contributed by atoms with Crippen LogP contribution in [0.4, 0.5) is 0 Å². The second-order valence-corrected chi connectivity index (χ2v) is 7.99. The van der Waals surface area contributed by atoms with Crippen molar-refractivity contribution in [2.45, 2.75) is 43.8 Å². The van der Waals surface area contributed by atoms with Crippen LogP contribution in [0, 0.1) is 0 Å². The number of fused-ring (bicyclic) bond motifs is 1. The maximum Gasteiger partial charge on any atom is 0.253 e. The molecule has 2 aliphatic heterocycles. The first-order chi connectivity index (χ1) is 13.8. The predicted octanol–water partition coefficient (Wildman–Crippen LogP) is 1.38. The Bertz CT molecular complexity index is 841. The molecule has 2 aromatic heterocycles. The van der Waals surface area contributed by atoms with E-state index < -0.39 is 0 Å². The molecule has 0 bridgehead atoms. The van der Waals surface area contributed by atoms with E-state index in [0.717, 1.165) is 37.5 Å². The average Bonchev–Trinajstić information content (AvgIpc) is 3.48. The van der Waals surface area contributed by atoms with Crippen molar-refractivity contribution in [1.82, 2.24) is 24.8 Å². The van der Waals surface area contributed by atoms with Crippen LogP contribution in [0.3, 0.4) is 0 Å². The minimum Gasteiger partial charge on any atom is -0.379 e. The Kier molecular flexibility index (Phi) is 5.00. The standard InChI is InChI=1S/C20H27N5O3/c26-20(23-17-11-28-12-18(17)24-5-7-27-8-6-24)14-9-16-19(21-10-14)25(13-22-16)15-3-1-2-4-15/h9-10,13,15,17-18H,1-8,11-12H2,(H,23,26)/t17-,18-/m0/s1. The number of nitrogens with one attached hydrogen (secondary N) is 1. The van der Waals surface area contributed by atoms with Crippen LogP contribution >= 0.6 is 0 Å². The molecule has 28 heavy (non-hydrogen) atoms. The second kappa shape index (κ2) is 7.77. The van der Waals surface area contributed by atoms with Gasteiger partial charge in [-0.2, -0.15) is 0 Å². The first-order valence-electron chi connectivity index (χ1n) is 10.3. The van der Waals surface area contributed by atoms with Crippen molar-refractivity contribution in [3.8, 4) is 0 Å². The molecule has 8 nitrogen and oxygen atoms in total. The number of amides is 1. The van der Waals surface area contributed by atoms with Crippen molar-refractivity contribution >= 4 is 17.1 Å². The molecule has 2 atom stereocenters. The van der Waals surface area contributed by atoms with Gasteiger partial charge in [-0.05, 0) is 18.9 Å². The zero-order valence-corrected chi connectivity index (χ0v) is 16.0. The van der Waals surface area contributed by atoms with Crippen LogP contribution in [-0.2, 0) is 9.47 Å². The lowest BCUT2D eigenvalue weighted by molar-refractivity contribution is 0.0108. The van der Waals surface area contributed by atoms with Crippen LogP contribution in [0.25, 0.3) is 11.2 Å². The quantitative estimate of drug-likeness (QED) is 0.856. The Balaban J connectivity index is 1.30. The lowest BCUT2D eigenvalue weighted by Gasteiger charge is -2.34. The summed E-state index contributed by atoms with van der Waals surface area (Å²) in [5, 5.41) is 3.15. The van der Waals surface area contributed by atoms with Gasteiger partial charge in [0.05, 0.1) is 50.4 Å². The number of imidazole rings is 1. The Hall–Kier alpha value is -2.03. The fourth-order valence-electron chi connectivity index (χ4n) is 4.69. The summed E-state index contributed by atoms with van der Waals surface area (Å²) in [5.74, 6) is -0.112. The third-order valence-electron chi connectivity index (χ3n) is 6.27. The van der Waals surface area contributed by atoms with Crippen LogP contribution in [-0.4, -0.2) is 76.9 Å². The summed E-state index contributed by atoms with van der Waals surface area (Å²) < 4.78 is 13.3. The number of rotatable bonds is 4. The number of pyridine rings is 1. The zero-order chi connectivity index (χ0) is 18.9. The van der Waals surface area contributed by atoms with E-state index in [2.05, 4.69) is 24.8 Å². The average molecular weight is 385 g/mol. The van der Waals surface area contributed by atoms with Gasteiger partial charge in [-0.3, -0.25) is 9.69 Å². The summed E-state index contributed by atoms with van der Waals surface area (Å²) in [6.45, 7) is 4.43. The fraction of sp³-hybridized carbons (Fsp3) is 0.650. The van der Waals surface area contributed by atoms with Gasteiger partial charge >= 0.3 is 0 Å². The highest BCUT2D eigenvalue weighted by atomic mass is 16.5. The molecule has 0 aromatic carbocycles. The lowest BCUT2D eigenvalue weighted by atomic mass is 10.1. The number of hydrogen-bond donors (Lipinski definition) is 1. The first kappa shape index (κ1) is 18.0. The molecule has 2 aromatic rings. The Morgan fingerprint density at radius 3 is 2.75 bits per heavy atom. The summed E-state index contributed by atoms with van der Waals surface area (Å²) in [5.41, 5.74) is 2.21. The normalized spacial score (nSPS) is 26.9. The van der Waals surface area contributed by atoms with Gasteiger partial charge in [0.2, 0.25) is 0 Å². The highest BCUT2D eigenvalue weighted by molar-refractivity contribution is 5.96. The molecule has 8 heteroatoms. The third kappa shape index (κ3) is 3.40.